The molecular formula is C92H56N8O2. The first-order chi connectivity index (χ1) is 71.2. The fourth-order valence-electron chi connectivity index (χ4n) is 12.5. The fraction of sp³-hybridized carbons (Fsp3) is 0.0217. The molecule has 14 aromatic carbocycles. The second-order valence-corrected chi connectivity index (χ2v) is 22.6. The van der Waals surface area contributed by atoms with Gasteiger partial charge in [0.25, 0.3) is 0 Å². The Morgan fingerprint density at radius 3 is 1.36 bits per heavy atom. The summed E-state index contributed by atoms with van der Waals surface area (Å²) >= 11 is 0. The van der Waals surface area contributed by atoms with Gasteiger partial charge in [-0.1, -0.05) is 235 Å². The van der Waals surface area contributed by atoms with Crippen LogP contribution in [0, 0.1) is 13.8 Å². The number of fused-ring (bicyclic) bond motifs is 19. The van der Waals surface area contributed by atoms with Gasteiger partial charge in [0.15, 0.2) is 34.9 Å². The van der Waals surface area contributed by atoms with E-state index < -0.39 is 420 Å². The van der Waals surface area contributed by atoms with Crippen LogP contribution in [0.4, 0.5) is 0 Å². The summed E-state index contributed by atoms with van der Waals surface area (Å²) in [6.45, 7) is 2.60. The summed E-state index contributed by atoms with van der Waals surface area (Å²) in [5.41, 5.74) is -10.4. The number of rotatable bonds is 8. The molecule has 0 bridgehead atoms. The van der Waals surface area contributed by atoms with Gasteiger partial charge in [-0.2, -0.15) is 0 Å². The van der Waals surface area contributed by atoms with Gasteiger partial charge < -0.3 is 17.6 Å². The third-order valence-electron chi connectivity index (χ3n) is 16.7. The van der Waals surface area contributed by atoms with E-state index in [1.165, 1.54) is 18.2 Å². The van der Waals surface area contributed by atoms with E-state index in [4.69, 9.17) is 60.9 Å². The highest BCUT2D eigenvalue weighted by atomic mass is 16.3. The minimum atomic E-state index is -0.987. The van der Waals surface area contributed by atoms with Crippen LogP contribution in [0.15, 0.2) is 311 Å². The summed E-state index contributed by atoms with van der Waals surface area (Å²) in [6.07, 6.45) is 0. The van der Waals surface area contributed by atoms with Gasteiger partial charge >= 0.3 is 0 Å². The van der Waals surface area contributed by atoms with E-state index >= 15 is 0 Å². The number of benzene rings is 14. The molecule has 10 heteroatoms. The Balaban J connectivity index is 0.000000177. The predicted octanol–water partition coefficient (Wildman–Crippen LogP) is 23.8. The van der Waals surface area contributed by atoms with Crippen LogP contribution in [0.25, 0.3) is 211 Å². The van der Waals surface area contributed by atoms with Crippen LogP contribution in [0.3, 0.4) is 0 Å². The predicted molar refractivity (Wildman–Crippen MR) is 416 cm³/mol. The zero-order chi connectivity index (χ0) is 111. The van der Waals surface area contributed by atoms with Crippen LogP contribution in [0.2, 0.25) is 0 Å². The lowest BCUT2D eigenvalue weighted by molar-refractivity contribution is 0.669. The van der Waals surface area contributed by atoms with Crippen molar-refractivity contribution < 1.29 is 77.4 Å². The van der Waals surface area contributed by atoms with Crippen molar-refractivity contribution in [3.63, 3.8) is 0 Å². The Bertz CT molecular complexity index is 10100. The molecule has 102 heavy (non-hydrogen) atoms. The van der Waals surface area contributed by atoms with Gasteiger partial charge in [0, 0.05) is 92.6 Å². The quantitative estimate of drug-likeness (QED) is 0.148. The van der Waals surface area contributed by atoms with Crippen molar-refractivity contribution in [2.45, 2.75) is 13.8 Å². The molecule has 0 aliphatic carbocycles. The number of aromatic nitrogens is 8. The SMILES string of the molecule is [2H]c1c([2H])c([2H])c(-c2nc(-c3c([2H])c([2H])c([2H])c(C)c3[2H])nc(-c3c([2H])c([2H])c([2H])c(-c4c([2H])c([2H])c([2H])c5oc6c([2H])c7c8c([2H])c([2H])c([2H])c9c%10c([2H])c([2H])c([2H])c([2H])c%10n(c7c([2H])c6c45)c98)c3[2H])n2)c([2H])c1[2H].[2H]c1c([2H])c([2H])c(-c2nc(-c3c([2H])c([2H])c([2H])c(C)c3[2H])nc(-c3c([2H])c([2H])c([2H])c(-c4c([2H])c([2H])c5c(c4[2H])c4c([2H])c6c(oc7c([2H])c([2H])c([2H])c([2H])c76)c6c7c([2H])c([2H])c([2H])c([2H])c7n5c46)c3[2H])n2)c([2H])c1[2H]. The van der Waals surface area contributed by atoms with Crippen LogP contribution < -0.4 is 0 Å². The van der Waals surface area contributed by atoms with Gasteiger partial charge in [0.2, 0.25) is 0 Å². The number of para-hydroxylation sites is 4. The molecule has 22 aromatic rings. The third kappa shape index (κ3) is 8.99. The zero-order valence-corrected chi connectivity index (χ0v) is 51.4. The molecule has 0 aliphatic heterocycles. The number of hydrogen-bond acceptors (Lipinski definition) is 8. The minimum absolute atomic E-state index is 0.103. The van der Waals surface area contributed by atoms with Crippen molar-refractivity contribution >= 4 is 120 Å². The summed E-state index contributed by atoms with van der Waals surface area (Å²) in [5.74, 6) is -4.45. The summed E-state index contributed by atoms with van der Waals surface area (Å²) in [4.78, 5) is 26.0. The Morgan fingerprint density at radius 2 is 0.696 bits per heavy atom. The van der Waals surface area contributed by atoms with Crippen LogP contribution >= 0.6 is 0 Å². The Morgan fingerprint density at radius 1 is 0.245 bits per heavy atom. The summed E-state index contributed by atoms with van der Waals surface area (Å²) < 4.78 is 461. The topological polar surface area (TPSA) is 112 Å². The average molecular weight is 1360 g/mol. The van der Waals surface area contributed by atoms with Gasteiger partial charge in [0.1, 0.15) is 22.3 Å². The Hall–Kier alpha value is -13.7. The Kier molecular flexibility index (Phi) is 5.90. The number of nitrogens with zero attached hydrogens (tertiary/aromatic N) is 8. The lowest BCUT2D eigenvalue weighted by Gasteiger charge is -2.10. The minimum Gasteiger partial charge on any atom is -0.456 e. The Labute approximate surface area is 653 Å². The van der Waals surface area contributed by atoms with Crippen LogP contribution in [-0.2, 0) is 0 Å². The molecule has 0 aliphatic rings. The molecule has 0 amide bonds. The van der Waals surface area contributed by atoms with Crippen molar-refractivity contribution in [3.05, 3.63) is 313 Å². The van der Waals surface area contributed by atoms with Crippen molar-refractivity contribution in [1.29, 1.82) is 0 Å². The molecular weight excluding hydrogens is 1250 g/mol. The van der Waals surface area contributed by atoms with E-state index in [1.54, 1.807) is 0 Å². The number of hydrogen-bond donors (Lipinski definition) is 0. The van der Waals surface area contributed by atoms with Gasteiger partial charge in [-0.05, 0) is 115 Å². The van der Waals surface area contributed by atoms with E-state index in [-0.39, 0.29) is 104 Å². The molecule has 0 fully saturated rings. The maximum Gasteiger partial charge on any atom is 0.164 e. The highest BCUT2D eigenvalue weighted by Crippen LogP contribution is 2.48. The summed E-state index contributed by atoms with van der Waals surface area (Å²) in [5, 5.41) is -3.36. The molecule has 0 saturated heterocycles. The standard InChI is InChI=1S/2C46H28N4O/c1-27-11-9-15-31(23-27)45-47-44(28-12-3-2-4-13-28)48-46(49-45)32-16-10-14-29(24-32)30-21-22-39-35(25-30)36-26-37-33-17-6-8-20-40(33)51-43(37)41-34-18-5-7-19-38(34)50(39)42(36)41;1-27-11-7-15-30(23-27)45-47-44(28-12-3-2-4-13-28)48-46(49-45)31-16-8-14-29(24-31)32-18-10-22-40-42(32)37-25-39-36(26-41(37)51-40)35-20-9-19-34-33-17-5-6-21-38(33)50(39)43(34)35/h2*2-26H,1H3/i2*2D,3D,4D,5D,6D,7D,8D,9D,10D,11D,12D,13D,14D,15D,16D,17D,18D,19D,20D,21D,22D,23D,24D,25D,26D. The van der Waals surface area contributed by atoms with Crippen LogP contribution in [-0.4, -0.2) is 38.7 Å². The molecule has 476 valence electrons. The summed E-state index contributed by atoms with van der Waals surface area (Å²) in [6, 6.07) is -37.9. The lowest BCUT2D eigenvalue weighted by atomic mass is 9.97. The first-order valence-corrected chi connectivity index (χ1v) is 30.3. The zero-order valence-electron chi connectivity index (χ0n) is 101. The maximum atomic E-state index is 9.95. The first-order valence-electron chi connectivity index (χ1n) is 55.3. The monoisotopic (exact) mass is 1350 g/mol. The van der Waals surface area contributed by atoms with E-state index in [2.05, 4.69) is 29.9 Å². The van der Waals surface area contributed by atoms with Crippen molar-refractivity contribution in [1.82, 2.24) is 38.7 Å². The largest absolute Gasteiger partial charge is 0.456 e. The first kappa shape index (κ1) is 26.9. The van der Waals surface area contributed by atoms with Gasteiger partial charge in [-0.15, -0.1) is 0 Å². The van der Waals surface area contributed by atoms with Crippen LogP contribution in [0.1, 0.15) is 79.7 Å². The van der Waals surface area contributed by atoms with Gasteiger partial charge in [-0.3, -0.25) is 0 Å². The van der Waals surface area contributed by atoms with E-state index in [0.29, 0.717) is 0 Å². The molecule has 0 radical (unpaired) electrons. The molecule has 0 saturated carbocycles. The maximum absolute atomic E-state index is 9.95. The third-order valence-corrected chi connectivity index (χ3v) is 16.7. The number of furan rings is 2. The van der Waals surface area contributed by atoms with Gasteiger partial charge in [0.05, 0.1) is 107 Å². The molecule has 8 aromatic heterocycles. The highest BCUT2D eigenvalue weighted by molar-refractivity contribution is 6.33. The van der Waals surface area contributed by atoms with Crippen molar-refractivity contribution in [3.8, 4) is 90.6 Å². The normalized spacial score (nSPS) is 18.9. The molecule has 0 unspecified atom stereocenters. The smallest absolute Gasteiger partial charge is 0.164 e. The molecule has 10 nitrogen and oxygen atoms in total. The molecule has 0 spiro atoms. The fourth-order valence-corrected chi connectivity index (χ4v) is 12.5. The van der Waals surface area contributed by atoms with E-state index in [9.17, 15) is 16.4 Å². The average Bonchev–Trinajstić information content (AvgIpc) is 1.50. The second-order valence-electron chi connectivity index (χ2n) is 22.6. The van der Waals surface area contributed by atoms with E-state index in [1.807, 2.05) is 0 Å². The molecule has 0 N–H and O–H groups in total. The van der Waals surface area contributed by atoms with E-state index in [0.717, 1.165) is 4.40 Å². The van der Waals surface area contributed by atoms with Crippen LogP contribution in [0.5, 0.6) is 0 Å². The summed E-state index contributed by atoms with van der Waals surface area (Å²) in [7, 11) is 0. The second kappa shape index (κ2) is 22.4. The molecule has 8 heterocycles. The molecule has 22 rings (SSSR count). The highest BCUT2D eigenvalue weighted by Gasteiger charge is 2.26. The lowest BCUT2D eigenvalue weighted by Crippen LogP contribution is -2.00. The van der Waals surface area contributed by atoms with Gasteiger partial charge in [-0.25, -0.2) is 29.9 Å². The van der Waals surface area contributed by atoms with Crippen molar-refractivity contribution in [2.24, 2.45) is 0 Å². The molecule has 0 atom stereocenters. The van der Waals surface area contributed by atoms with Crippen molar-refractivity contribution in [2.75, 3.05) is 0 Å².